The molecule has 2 aromatic heterocycles. The summed E-state index contributed by atoms with van der Waals surface area (Å²) in [6.07, 6.45) is -4.09. The summed E-state index contributed by atoms with van der Waals surface area (Å²) in [6.45, 7) is 8.21. The minimum absolute atomic E-state index is 0.0949. The lowest BCUT2D eigenvalue weighted by Crippen LogP contribution is -2.39. The van der Waals surface area contributed by atoms with Crippen molar-refractivity contribution in [2.24, 2.45) is 4.99 Å². The van der Waals surface area contributed by atoms with Crippen LogP contribution < -0.4 is 10.6 Å². The van der Waals surface area contributed by atoms with Crippen molar-refractivity contribution in [3.63, 3.8) is 0 Å². The van der Waals surface area contributed by atoms with E-state index in [1.54, 1.807) is 19.9 Å². The summed E-state index contributed by atoms with van der Waals surface area (Å²) in [6, 6.07) is 1.78. The summed E-state index contributed by atoms with van der Waals surface area (Å²) in [7, 11) is 0. The van der Waals surface area contributed by atoms with E-state index in [-0.39, 0.29) is 6.54 Å². The number of rotatable bonds is 7. The molecule has 6 nitrogen and oxygen atoms in total. The van der Waals surface area contributed by atoms with Crippen LogP contribution in [0.3, 0.4) is 0 Å². The van der Waals surface area contributed by atoms with Crippen LogP contribution in [0, 0.1) is 13.8 Å². The van der Waals surface area contributed by atoms with Crippen LogP contribution in [-0.4, -0.2) is 35.7 Å². The zero-order valence-electron chi connectivity index (χ0n) is 16.3. The van der Waals surface area contributed by atoms with Gasteiger partial charge in [0.25, 0.3) is 0 Å². The third kappa shape index (κ3) is 5.96. The van der Waals surface area contributed by atoms with E-state index in [9.17, 15) is 18.3 Å². The summed E-state index contributed by atoms with van der Waals surface area (Å²) in [5.41, 5.74) is -1.40. The van der Waals surface area contributed by atoms with Gasteiger partial charge in [-0.1, -0.05) is 0 Å². The average Bonchev–Trinajstić information content (AvgIpc) is 3.19. The molecule has 0 aliphatic carbocycles. The number of hydrogen-bond acceptors (Lipinski definition) is 5. The van der Waals surface area contributed by atoms with Crippen LogP contribution >= 0.6 is 11.3 Å². The van der Waals surface area contributed by atoms with Crippen molar-refractivity contribution < 1.29 is 22.7 Å². The number of aliphatic hydroxyl groups is 1. The molecule has 0 spiro atoms. The molecule has 28 heavy (non-hydrogen) atoms. The predicted molar refractivity (Wildman–Crippen MR) is 103 cm³/mol. The largest absolute Gasteiger partial charge is 0.466 e. The van der Waals surface area contributed by atoms with Crippen molar-refractivity contribution >= 4 is 17.3 Å². The zero-order valence-corrected chi connectivity index (χ0v) is 17.1. The van der Waals surface area contributed by atoms with E-state index >= 15 is 0 Å². The van der Waals surface area contributed by atoms with Gasteiger partial charge in [0.05, 0.1) is 11.6 Å². The summed E-state index contributed by atoms with van der Waals surface area (Å²) in [4.78, 5) is 8.00. The monoisotopic (exact) mass is 418 g/mol. The van der Waals surface area contributed by atoms with Crippen LogP contribution in [0.1, 0.15) is 41.6 Å². The van der Waals surface area contributed by atoms with E-state index in [1.165, 1.54) is 0 Å². The highest BCUT2D eigenvalue weighted by molar-refractivity contribution is 7.09. The van der Waals surface area contributed by atoms with E-state index in [2.05, 4.69) is 20.6 Å². The van der Waals surface area contributed by atoms with Gasteiger partial charge in [-0.2, -0.15) is 13.2 Å². The molecule has 1 unspecified atom stereocenters. The number of aryl methyl sites for hydroxylation is 2. The molecule has 2 heterocycles. The van der Waals surface area contributed by atoms with Gasteiger partial charge in [-0.25, -0.2) is 9.98 Å². The van der Waals surface area contributed by atoms with E-state index in [4.69, 9.17) is 4.42 Å². The standard InChI is InChI=1S/C18H25F3N4O2S/c1-5-22-16(23-7-6-15-25-14(9-28-15)18(19,20)21)24-10-17(4,26)13-8-11(2)27-12(13)3/h8-9,26H,5-7,10H2,1-4H3,(H2,22,23,24). The van der Waals surface area contributed by atoms with E-state index in [1.807, 2.05) is 13.8 Å². The molecule has 0 aliphatic rings. The number of furan rings is 1. The van der Waals surface area contributed by atoms with Gasteiger partial charge in [0.1, 0.15) is 17.1 Å². The van der Waals surface area contributed by atoms with Gasteiger partial charge < -0.3 is 20.2 Å². The van der Waals surface area contributed by atoms with Crippen molar-refractivity contribution in [2.75, 3.05) is 19.6 Å². The second-order valence-corrected chi connectivity index (χ2v) is 7.54. The first kappa shape index (κ1) is 22.2. The summed E-state index contributed by atoms with van der Waals surface area (Å²) in [5, 5.41) is 18.3. The van der Waals surface area contributed by atoms with Crippen LogP contribution in [0.25, 0.3) is 0 Å². The maximum atomic E-state index is 12.6. The van der Waals surface area contributed by atoms with Crippen LogP contribution in [0.5, 0.6) is 0 Å². The Morgan fingerprint density at radius 3 is 2.57 bits per heavy atom. The fourth-order valence-electron chi connectivity index (χ4n) is 2.67. The third-order valence-electron chi connectivity index (χ3n) is 3.98. The highest BCUT2D eigenvalue weighted by Gasteiger charge is 2.33. The number of nitrogens with one attached hydrogen (secondary N) is 2. The number of halogens is 3. The first-order chi connectivity index (χ1) is 13.0. The quantitative estimate of drug-likeness (QED) is 0.474. The van der Waals surface area contributed by atoms with Crippen molar-refractivity contribution in [1.82, 2.24) is 15.6 Å². The molecule has 0 radical (unpaired) electrons. The molecule has 10 heteroatoms. The van der Waals surface area contributed by atoms with Gasteiger partial charge in [0.2, 0.25) is 0 Å². The molecule has 3 N–H and O–H groups in total. The first-order valence-corrected chi connectivity index (χ1v) is 9.74. The first-order valence-electron chi connectivity index (χ1n) is 8.86. The van der Waals surface area contributed by atoms with Gasteiger partial charge in [0, 0.05) is 30.5 Å². The van der Waals surface area contributed by atoms with Crippen LogP contribution in [0.4, 0.5) is 13.2 Å². The lowest BCUT2D eigenvalue weighted by atomic mass is 9.96. The maximum Gasteiger partial charge on any atom is 0.434 e. The fraction of sp³-hybridized carbons (Fsp3) is 0.556. The van der Waals surface area contributed by atoms with Gasteiger partial charge in [0.15, 0.2) is 11.7 Å². The van der Waals surface area contributed by atoms with Gasteiger partial charge in [-0.05, 0) is 33.8 Å². The number of nitrogens with zero attached hydrogens (tertiary/aromatic N) is 2. The minimum Gasteiger partial charge on any atom is -0.466 e. The Kier molecular flexibility index (Phi) is 7.11. The molecule has 0 bridgehead atoms. The minimum atomic E-state index is -4.42. The normalized spacial score (nSPS) is 14.8. The lowest BCUT2D eigenvalue weighted by molar-refractivity contribution is -0.140. The summed E-state index contributed by atoms with van der Waals surface area (Å²) < 4.78 is 43.3. The zero-order chi connectivity index (χ0) is 20.9. The number of aliphatic imine (C=N–C) groups is 1. The molecular formula is C18H25F3N4O2S. The smallest absolute Gasteiger partial charge is 0.434 e. The van der Waals surface area contributed by atoms with Crippen molar-refractivity contribution in [2.45, 2.75) is 45.9 Å². The molecule has 0 aromatic carbocycles. The van der Waals surface area contributed by atoms with E-state index in [0.717, 1.165) is 16.7 Å². The van der Waals surface area contributed by atoms with Gasteiger partial charge in [-0.15, -0.1) is 11.3 Å². The number of thiazole rings is 1. The summed E-state index contributed by atoms with van der Waals surface area (Å²) >= 11 is 0.978. The molecule has 0 fully saturated rings. The molecule has 0 aliphatic heterocycles. The Hall–Kier alpha value is -2.07. The topological polar surface area (TPSA) is 82.7 Å². The molecule has 0 amide bonds. The van der Waals surface area contributed by atoms with Crippen molar-refractivity contribution in [1.29, 1.82) is 0 Å². The average molecular weight is 418 g/mol. The Balaban J connectivity index is 1.96. The Morgan fingerprint density at radius 2 is 2.04 bits per heavy atom. The molecule has 0 saturated heterocycles. The van der Waals surface area contributed by atoms with Crippen molar-refractivity contribution in [3.8, 4) is 0 Å². The molecule has 156 valence electrons. The molecule has 2 rings (SSSR count). The highest BCUT2D eigenvalue weighted by Crippen LogP contribution is 2.30. The highest BCUT2D eigenvalue weighted by atomic mass is 32.1. The second kappa shape index (κ2) is 8.95. The Morgan fingerprint density at radius 1 is 1.32 bits per heavy atom. The number of alkyl halides is 3. The van der Waals surface area contributed by atoms with Crippen LogP contribution in [0.2, 0.25) is 0 Å². The number of hydrogen-bond donors (Lipinski definition) is 3. The second-order valence-electron chi connectivity index (χ2n) is 6.60. The molecular weight excluding hydrogens is 393 g/mol. The van der Waals surface area contributed by atoms with Gasteiger partial charge in [-0.3, -0.25) is 0 Å². The van der Waals surface area contributed by atoms with E-state index < -0.39 is 17.5 Å². The fourth-order valence-corrected chi connectivity index (χ4v) is 3.47. The number of aromatic nitrogens is 1. The van der Waals surface area contributed by atoms with Crippen molar-refractivity contribution in [3.05, 3.63) is 39.2 Å². The summed E-state index contributed by atoms with van der Waals surface area (Å²) in [5.74, 6) is 1.82. The van der Waals surface area contributed by atoms with Crippen LogP contribution in [0.15, 0.2) is 20.9 Å². The van der Waals surface area contributed by atoms with E-state index in [0.29, 0.717) is 47.6 Å². The Labute approximate surface area is 165 Å². The molecule has 1 atom stereocenters. The third-order valence-corrected chi connectivity index (χ3v) is 4.89. The SMILES string of the molecule is CCNC(=NCC(C)(O)c1cc(C)oc1C)NCCc1nc(C(F)(F)F)cs1. The molecule has 0 saturated carbocycles. The molecule has 2 aromatic rings. The number of guanidine groups is 1. The Bertz CT molecular complexity index is 812. The predicted octanol–water partition coefficient (Wildman–Crippen LogP) is 3.38. The lowest BCUT2D eigenvalue weighted by Gasteiger charge is -2.21. The van der Waals surface area contributed by atoms with Crippen LogP contribution in [-0.2, 0) is 18.2 Å². The van der Waals surface area contributed by atoms with Gasteiger partial charge >= 0.3 is 6.18 Å². The maximum absolute atomic E-state index is 12.6.